The van der Waals surface area contributed by atoms with Crippen LogP contribution < -0.4 is 21.3 Å². The number of carbonyl (C=O) groups is 1. The summed E-state index contributed by atoms with van der Waals surface area (Å²) in [7, 11) is 0. The third-order valence-electron chi connectivity index (χ3n) is 6.11. The van der Waals surface area contributed by atoms with E-state index in [1.54, 1.807) is 6.07 Å². The summed E-state index contributed by atoms with van der Waals surface area (Å²) in [4.78, 5) is 18.5. The van der Waals surface area contributed by atoms with Crippen LogP contribution in [-0.4, -0.2) is 35.2 Å². The Balaban J connectivity index is 1.53. The highest BCUT2D eigenvalue weighted by Gasteiger charge is 2.19. The first kappa shape index (κ1) is 24.4. The predicted octanol–water partition coefficient (Wildman–Crippen LogP) is 4.34. The molecule has 1 aliphatic rings. The minimum atomic E-state index is -0.676. The van der Waals surface area contributed by atoms with Crippen molar-refractivity contribution in [3.05, 3.63) is 77.0 Å². The van der Waals surface area contributed by atoms with Crippen molar-refractivity contribution in [3.63, 3.8) is 0 Å². The Kier molecular flexibility index (Phi) is 7.45. The number of aryl methyl sites for hydroxylation is 1. The fourth-order valence-corrected chi connectivity index (χ4v) is 4.29. The minimum absolute atomic E-state index is 0.0949. The standard InChI is InChI=1S/C26H29F2N5O2/c1-2-17-11-20(3-4-24(17)33-7-5-21(34)6-8-33)32-25-13-23(22(15-31-25)26(29)35)30-14-16-9-18(27)12-19(28)10-16/h3-4,9-13,15,21,34H,2,5-8,14H2,1H3,(H2,29,35)(H2,30,31,32). The zero-order chi connectivity index (χ0) is 24.9. The van der Waals surface area contributed by atoms with Crippen LogP contribution in [-0.2, 0) is 13.0 Å². The first-order valence-electron chi connectivity index (χ1n) is 11.6. The number of piperidine rings is 1. The highest BCUT2D eigenvalue weighted by atomic mass is 19.1. The van der Waals surface area contributed by atoms with Gasteiger partial charge in [-0.15, -0.1) is 0 Å². The van der Waals surface area contributed by atoms with Gasteiger partial charge in [-0.1, -0.05) is 6.92 Å². The van der Waals surface area contributed by atoms with Crippen LogP contribution in [0.1, 0.15) is 41.3 Å². The number of carbonyl (C=O) groups excluding carboxylic acids is 1. The number of nitrogens with one attached hydrogen (secondary N) is 2. The fourth-order valence-electron chi connectivity index (χ4n) is 4.29. The van der Waals surface area contributed by atoms with E-state index in [0.717, 1.165) is 49.8 Å². The number of aliphatic hydroxyl groups is 1. The summed E-state index contributed by atoms with van der Waals surface area (Å²) in [5.41, 5.74) is 9.61. The molecule has 7 nitrogen and oxygen atoms in total. The topological polar surface area (TPSA) is 104 Å². The number of benzene rings is 2. The van der Waals surface area contributed by atoms with Crippen LogP contribution >= 0.6 is 0 Å². The first-order valence-corrected chi connectivity index (χ1v) is 11.6. The van der Waals surface area contributed by atoms with Gasteiger partial charge in [0, 0.05) is 49.3 Å². The Bertz CT molecular complexity index is 1190. The number of amides is 1. The number of hydrogen-bond donors (Lipinski definition) is 4. The molecule has 2 aromatic carbocycles. The molecule has 0 bridgehead atoms. The summed E-state index contributed by atoms with van der Waals surface area (Å²) in [6.07, 6.45) is 3.51. The van der Waals surface area contributed by atoms with Gasteiger partial charge in [0.2, 0.25) is 0 Å². The molecule has 1 aromatic heterocycles. The lowest BCUT2D eigenvalue weighted by molar-refractivity contribution is 0.100. The smallest absolute Gasteiger partial charge is 0.252 e. The maximum atomic E-state index is 13.5. The van der Waals surface area contributed by atoms with E-state index in [9.17, 15) is 18.7 Å². The summed E-state index contributed by atoms with van der Waals surface area (Å²) in [6.45, 7) is 3.83. The van der Waals surface area contributed by atoms with Crippen LogP contribution in [0.4, 0.5) is 31.7 Å². The molecule has 3 aromatic rings. The number of primary amides is 1. The molecule has 184 valence electrons. The molecule has 0 spiro atoms. The molecule has 1 saturated heterocycles. The second-order valence-electron chi connectivity index (χ2n) is 8.65. The van der Waals surface area contributed by atoms with E-state index in [1.165, 1.54) is 23.9 Å². The maximum absolute atomic E-state index is 13.5. The number of aliphatic hydroxyl groups excluding tert-OH is 1. The number of nitrogens with two attached hydrogens (primary N) is 1. The molecule has 0 aliphatic carbocycles. The molecule has 9 heteroatoms. The lowest BCUT2D eigenvalue weighted by Crippen LogP contribution is -2.36. The van der Waals surface area contributed by atoms with Gasteiger partial charge in [0.15, 0.2) is 0 Å². The molecule has 2 heterocycles. The molecule has 0 saturated carbocycles. The summed E-state index contributed by atoms with van der Waals surface area (Å²) < 4.78 is 27.0. The van der Waals surface area contributed by atoms with E-state index < -0.39 is 17.5 Å². The molecule has 4 rings (SSSR count). The molecule has 0 atom stereocenters. The number of rotatable bonds is 8. The molecular weight excluding hydrogens is 452 g/mol. The lowest BCUT2D eigenvalue weighted by atomic mass is 10.0. The molecule has 0 unspecified atom stereocenters. The van der Waals surface area contributed by atoms with Crippen molar-refractivity contribution in [2.75, 3.05) is 28.6 Å². The summed E-state index contributed by atoms with van der Waals surface area (Å²) in [6, 6.07) is 11.0. The number of pyridine rings is 1. The Hall–Kier alpha value is -3.72. The Morgan fingerprint density at radius 3 is 2.51 bits per heavy atom. The summed E-state index contributed by atoms with van der Waals surface area (Å²) in [5, 5.41) is 16.1. The molecule has 35 heavy (non-hydrogen) atoms. The number of anilines is 4. The maximum Gasteiger partial charge on any atom is 0.252 e. The number of hydrogen-bond acceptors (Lipinski definition) is 6. The van der Waals surface area contributed by atoms with E-state index >= 15 is 0 Å². The predicted molar refractivity (Wildman–Crippen MR) is 133 cm³/mol. The minimum Gasteiger partial charge on any atom is -0.393 e. The van der Waals surface area contributed by atoms with E-state index in [-0.39, 0.29) is 18.2 Å². The molecular formula is C26H29F2N5O2. The quantitative estimate of drug-likeness (QED) is 0.382. The molecule has 0 radical (unpaired) electrons. The van der Waals surface area contributed by atoms with Gasteiger partial charge in [-0.05, 0) is 60.7 Å². The van der Waals surface area contributed by atoms with Crippen LogP contribution in [0.5, 0.6) is 0 Å². The van der Waals surface area contributed by atoms with Crippen molar-refractivity contribution in [1.82, 2.24) is 4.98 Å². The zero-order valence-corrected chi connectivity index (χ0v) is 19.5. The largest absolute Gasteiger partial charge is 0.393 e. The highest BCUT2D eigenvalue weighted by molar-refractivity contribution is 5.98. The highest BCUT2D eigenvalue weighted by Crippen LogP contribution is 2.29. The second kappa shape index (κ2) is 10.7. The summed E-state index contributed by atoms with van der Waals surface area (Å²) >= 11 is 0. The lowest BCUT2D eigenvalue weighted by Gasteiger charge is -2.33. The molecule has 1 amide bonds. The number of halogens is 2. The van der Waals surface area contributed by atoms with Crippen LogP contribution in [0.2, 0.25) is 0 Å². The van der Waals surface area contributed by atoms with Crippen LogP contribution in [0.15, 0.2) is 48.7 Å². The Labute approximate surface area is 203 Å². The van der Waals surface area contributed by atoms with Crippen molar-refractivity contribution in [1.29, 1.82) is 0 Å². The van der Waals surface area contributed by atoms with Gasteiger partial charge >= 0.3 is 0 Å². The van der Waals surface area contributed by atoms with E-state index in [2.05, 4.69) is 39.6 Å². The van der Waals surface area contributed by atoms with E-state index in [1.807, 2.05) is 6.07 Å². The average Bonchev–Trinajstić information content (AvgIpc) is 2.82. The Morgan fingerprint density at radius 1 is 1.14 bits per heavy atom. The fraction of sp³-hybridized carbons (Fsp3) is 0.308. The van der Waals surface area contributed by atoms with Gasteiger partial charge in [0.1, 0.15) is 17.5 Å². The molecule has 1 fully saturated rings. The van der Waals surface area contributed by atoms with Gasteiger partial charge in [-0.25, -0.2) is 13.8 Å². The van der Waals surface area contributed by atoms with Gasteiger partial charge in [0.25, 0.3) is 5.91 Å². The molecule has 5 N–H and O–H groups in total. The monoisotopic (exact) mass is 481 g/mol. The van der Waals surface area contributed by atoms with Gasteiger partial charge in [0.05, 0.1) is 17.4 Å². The van der Waals surface area contributed by atoms with Crippen molar-refractivity contribution >= 4 is 28.8 Å². The zero-order valence-electron chi connectivity index (χ0n) is 19.5. The normalized spacial score (nSPS) is 14.1. The van der Waals surface area contributed by atoms with Crippen molar-refractivity contribution in [2.24, 2.45) is 5.73 Å². The van der Waals surface area contributed by atoms with Crippen LogP contribution in [0.3, 0.4) is 0 Å². The number of nitrogens with zero attached hydrogens (tertiary/aromatic N) is 2. The SMILES string of the molecule is CCc1cc(Nc2cc(NCc3cc(F)cc(F)c3)c(C(N)=O)cn2)ccc1N1CCC(O)CC1. The van der Waals surface area contributed by atoms with E-state index in [4.69, 9.17) is 5.73 Å². The van der Waals surface area contributed by atoms with E-state index in [0.29, 0.717) is 17.1 Å². The van der Waals surface area contributed by atoms with Crippen molar-refractivity contribution in [3.8, 4) is 0 Å². The third-order valence-corrected chi connectivity index (χ3v) is 6.11. The second-order valence-corrected chi connectivity index (χ2v) is 8.65. The van der Waals surface area contributed by atoms with Gasteiger partial charge in [-0.3, -0.25) is 4.79 Å². The van der Waals surface area contributed by atoms with Crippen LogP contribution in [0.25, 0.3) is 0 Å². The Morgan fingerprint density at radius 2 is 1.86 bits per heavy atom. The van der Waals surface area contributed by atoms with Crippen molar-refractivity contribution < 1.29 is 18.7 Å². The van der Waals surface area contributed by atoms with Gasteiger partial charge < -0.3 is 26.4 Å². The first-order chi connectivity index (χ1) is 16.8. The van der Waals surface area contributed by atoms with Crippen molar-refractivity contribution in [2.45, 2.75) is 38.8 Å². The summed E-state index contributed by atoms with van der Waals surface area (Å²) in [5.74, 6) is -1.53. The average molecular weight is 482 g/mol. The number of aromatic nitrogens is 1. The molecule has 1 aliphatic heterocycles. The van der Waals surface area contributed by atoms with Crippen LogP contribution in [0, 0.1) is 11.6 Å². The third kappa shape index (κ3) is 6.05. The van der Waals surface area contributed by atoms with Gasteiger partial charge in [-0.2, -0.15) is 0 Å².